The van der Waals surface area contributed by atoms with Gasteiger partial charge in [0.1, 0.15) is 17.7 Å². The predicted molar refractivity (Wildman–Crippen MR) is 79.3 cm³/mol. The molecule has 2 heterocycles. The van der Waals surface area contributed by atoms with Gasteiger partial charge in [0.25, 0.3) is 0 Å². The highest BCUT2D eigenvalue weighted by Crippen LogP contribution is 2.24. The van der Waals surface area contributed by atoms with E-state index in [9.17, 15) is 0 Å². The Kier molecular flexibility index (Phi) is 3.63. The van der Waals surface area contributed by atoms with Crippen LogP contribution in [0.25, 0.3) is 11.0 Å². The summed E-state index contributed by atoms with van der Waals surface area (Å²) < 4.78 is 3.98. The van der Waals surface area contributed by atoms with Crippen LogP contribution in [0, 0.1) is 0 Å². The first-order valence-electron chi connectivity index (χ1n) is 6.23. The quantitative estimate of drug-likeness (QED) is 0.696. The molecule has 0 atom stereocenters. The summed E-state index contributed by atoms with van der Waals surface area (Å²) in [5.74, 6) is 2.28. The summed E-state index contributed by atoms with van der Waals surface area (Å²) in [5.41, 5.74) is 1.79. The van der Waals surface area contributed by atoms with E-state index in [4.69, 9.17) is 23.2 Å². The number of para-hydroxylation sites is 1. The number of nitrogens with zero attached hydrogens (tertiary/aromatic N) is 5. The average molecular weight is 310 g/mol. The molecule has 0 bridgehead atoms. The summed E-state index contributed by atoms with van der Waals surface area (Å²) in [6.45, 7) is 0.597. The predicted octanol–water partition coefficient (Wildman–Crippen LogP) is 2.65. The van der Waals surface area contributed by atoms with Crippen LogP contribution in [0.3, 0.4) is 0 Å². The fraction of sp³-hybridized carbons (Fsp3) is 0.308. The Bertz CT molecular complexity index is 746. The van der Waals surface area contributed by atoms with Gasteiger partial charge in [-0.25, -0.2) is 4.98 Å². The van der Waals surface area contributed by atoms with Crippen LogP contribution >= 0.6 is 23.2 Å². The van der Waals surface area contributed by atoms with E-state index in [2.05, 4.69) is 19.7 Å². The minimum atomic E-state index is 0.514. The van der Waals surface area contributed by atoms with Gasteiger partial charge in [0.15, 0.2) is 5.82 Å². The number of fused-ring (bicyclic) bond motifs is 1. The maximum atomic E-state index is 6.21. The summed E-state index contributed by atoms with van der Waals surface area (Å²) in [7, 11) is 1.92. The number of rotatable bonds is 4. The second kappa shape index (κ2) is 5.42. The zero-order valence-corrected chi connectivity index (χ0v) is 12.4. The lowest BCUT2D eigenvalue weighted by atomic mass is 10.3. The van der Waals surface area contributed by atoms with Crippen molar-refractivity contribution in [2.24, 2.45) is 7.05 Å². The van der Waals surface area contributed by atoms with Crippen molar-refractivity contribution < 1.29 is 0 Å². The molecule has 0 amide bonds. The molecule has 7 heteroatoms. The van der Waals surface area contributed by atoms with E-state index in [1.807, 2.05) is 29.8 Å². The number of halogens is 2. The Morgan fingerprint density at radius 2 is 2.10 bits per heavy atom. The Morgan fingerprint density at radius 3 is 2.80 bits per heavy atom. The second-order valence-electron chi connectivity index (χ2n) is 4.52. The highest BCUT2D eigenvalue weighted by atomic mass is 35.5. The van der Waals surface area contributed by atoms with Crippen LogP contribution < -0.4 is 0 Å². The average Bonchev–Trinajstić information content (AvgIpc) is 2.98. The lowest BCUT2D eigenvalue weighted by Crippen LogP contribution is -2.09. The van der Waals surface area contributed by atoms with Crippen molar-refractivity contribution in [3.8, 4) is 0 Å². The number of aromatic nitrogens is 5. The highest BCUT2D eigenvalue weighted by molar-refractivity contribution is 6.34. The zero-order chi connectivity index (χ0) is 14.1. The van der Waals surface area contributed by atoms with Crippen LogP contribution in [0.2, 0.25) is 5.02 Å². The van der Waals surface area contributed by atoms with Crippen molar-refractivity contribution in [3.63, 3.8) is 0 Å². The standard InChI is InChI=1S/C13H13Cl2N5/c1-19-8-16-18-12(19)7-20-10-4-2-3-9(15)13(10)17-11(20)5-6-14/h2-4,8H,5-7H2,1H3. The van der Waals surface area contributed by atoms with Gasteiger partial charge in [0.05, 0.1) is 17.1 Å². The van der Waals surface area contributed by atoms with E-state index in [-0.39, 0.29) is 0 Å². The third kappa shape index (κ3) is 2.27. The fourth-order valence-electron chi connectivity index (χ4n) is 2.20. The lowest BCUT2D eigenvalue weighted by molar-refractivity contribution is 0.680. The van der Waals surface area contributed by atoms with Gasteiger partial charge in [0, 0.05) is 19.3 Å². The molecule has 3 rings (SSSR count). The van der Waals surface area contributed by atoms with Crippen LogP contribution in [-0.4, -0.2) is 30.2 Å². The van der Waals surface area contributed by atoms with Crippen molar-refractivity contribution in [2.45, 2.75) is 13.0 Å². The lowest BCUT2D eigenvalue weighted by Gasteiger charge is -2.07. The van der Waals surface area contributed by atoms with Gasteiger partial charge in [0.2, 0.25) is 0 Å². The number of imidazole rings is 1. The van der Waals surface area contributed by atoms with Crippen LogP contribution in [0.1, 0.15) is 11.6 Å². The molecular formula is C13H13Cl2N5. The van der Waals surface area contributed by atoms with Crippen molar-refractivity contribution in [2.75, 3.05) is 5.88 Å². The van der Waals surface area contributed by atoms with E-state index in [0.717, 1.165) is 22.7 Å². The van der Waals surface area contributed by atoms with Gasteiger partial charge in [-0.05, 0) is 12.1 Å². The number of hydrogen-bond acceptors (Lipinski definition) is 3. The molecule has 0 fully saturated rings. The first-order valence-corrected chi connectivity index (χ1v) is 7.14. The van der Waals surface area contributed by atoms with E-state index >= 15 is 0 Å². The third-order valence-corrected chi connectivity index (χ3v) is 3.73. The third-order valence-electron chi connectivity index (χ3n) is 3.23. The topological polar surface area (TPSA) is 48.5 Å². The van der Waals surface area contributed by atoms with Gasteiger partial charge in [-0.3, -0.25) is 0 Å². The Hall–Kier alpha value is -1.59. The molecular weight excluding hydrogens is 297 g/mol. The fourth-order valence-corrected chi connectivity index (χ4v) is 2.59. The van der Waals surface area contributed by atoms with E-state index in [1.54, 1.807) is 6.33 Å². The molecule has 0 aliphatic rings. The molecule has 0 saturated carbocycles. The summed E-state index contributed by atoms with van der Waals surface area (Å²) in [6, 6.07) is 5.76. The first kappa shape index (κ1) is 13.4. The number of hydrogen-bond donors (Lipinski definition) is 0. The molecule has 0 aliphatic carbocycles. The van der Waals surface area contributed by atoms with Crippen LogP contribution in [0.5, 0.6) is 0 Å². The van der Waals surface area contributed by atoms with Crippen LogP contribution in [-0.2, 0) is 20.0 Å². The second-order valence-corrected chi connectivity index (χ2v) is 5.30. The largest absolute Gasteiger partial charge is 0.320 e. The van der Waals surface area contributed by atoms with Gasteiger partial charge >= 0.3 is 0 Å². The van der Waals surface area contributed by atoms with Gasteiger partial charge < -0.3 is 9.13 Å². The molecule has 0 N–H and O–H groups in total. The summed E-state index contributed by atoms with van der Waals surface area (Å²) >= 11 is 12.1. The number of aryl methyl sites for hydroxylation is 2. The summed E-state index contributed by atoms with van der Waals surface area (Å²) in [4.78, 5) is 4.60. The van der Waals surface area contributed by atoms with Gasteiger partial charge in [-0.1, -0.05) is 17.7 Å². The number of benzene rings is 1. The van der Waals surface area contributed by atoms with Crippen molar-refractivity contribution in [3.05, 3.63) is 41.2 Å². The molecule has 1 aromatic carbocycles. The van der Waals surface area contributed by atoms with Crippen LogP contribution in [0.15, 0.2) is 24.5 Å². The van der Waals surface area contributed by atoms with E-state index in [1.165, 1.54) is 0 Å². The molecule has 0 spiro atoms. The van der Waals surface area contributed by atoms with Crippen molar-refractivity contribution >= 4 is 34.2 Å². The zero-order valence-electron chi connectivity index (χ0n) is 10.9. The minimum Gasteiger partial charge on any atom is -0.320 e. The molecule has 0 radical (unpaired) electrons. The van der Waals surface area contributed by atoms with E-state index < -0.39 is 0 Å². The molecule has 0 unspecified atom stereocenters. The molecule has 5 nitrogen and oxygen atoms in total. The summed E-state index contributed by atoms with van der Waals surface area (Å²) in [6.07, 6.45) is 2.37. The van der Waals surface area contributed by atoms with Crippen molar-refractivity contribution in [1.29, 1.82) is 0 Å². The maximum absolute atomic E-state index is 6.21. The Labute approximate surface area is 126 Å². The summed E-state index contributed by atoms with van der Waals surface area (Å²) in [5, 5.41) is 8.67. The van der Waals surface area contributed by atoms with Gasteiger partial charge in [-0.2, -0.15) is 0 Å². The Morgan fingerprint density at radius 1 is 1.25 bits per heavy atom. The monoisotopic (exact) mass is 309 g/mol. The molecule has 20 heavy (non-hydrogen) atoms. The van der Waals surface area contributed by atoms with Crippen LogP contribution in [0.4, 0.5) is 0 Å². The van der Waals surface area contributed by atoms with E-state index in [0.29, 0.717) is 23.9 Å². The minimum absolute atomic E-state index is 0.514. The molecule has 0 saturated heterocycles. The normalized spacial score (nSPS) is 11.3. The maximum Gasteiger partial charge on any atom is 0.152 e. The van der Waals surface area contributed by atoms with Gasteiger partial charge in [-0.15, -0.1) is 21.8 Å². The molecule has 0 aliphatic heterocycles. The van der Waals surface area contributed by atoms with Crippen molar-refractivity contribution in [1.82, 2.24) is 24.3 Å². The molecule has 3 aromatic rings. The smallest absolute Gasteiger partial charge is 0.152 e. The SMILES string of the molecule is Cn1cnnc1Cn1c(CCCl)nc2c(Cl)cccc21. The first-order chi connectivity index (χ1) is 9.70. The molecule has 2 aromatic heterocycles. The number of alkyl halides is 1. The Balaban J connectivity index is 2.14. The highest BCUT2D eigenvalue weighted by Gasteiger charge is 2.14. The molecule has 104 valence electrons.